The van der Waals surface area contributed by atoms with E-state index in [4.69, 9.17) is 9.47 Å². The average molecular weight is 245 g/mol. The van der Waals surface area contributed by atoms with Crippen LogP contribution in [0.2, 0.25) is 0 Å². The molecule has 18 heavy (non-hydrogen) atoms. The molecule has 0 saturated carbocycles. The largest absolute Gasteiger partial charge is 0.467 e. The molecule has 0 fully saturated rings. The minimum absolute atomic E-state index is 0.408. The highest BCUT2D eigenvalue weighted by atomic mass is 16.5. The quantitative estimate of drug-likeness (QED) is 0.604. The van der Waals surface area contributed by atoms with Crippen LogP contribution in [0.3, 0.4) is 0 Å². The van der Waals surface area contributed by atoms with Crippen molar-refractivity contribution in [2.24, 2.45) is 4.99 Å². The van der Waals surface area contributed by atoms with E-state index in [-0.39, 0.29) is 0 Å². The van der Waals surface area contributed by atoms with Gasteiger partial charge in [0.05, 0.1) is 7.11 Å². The summed E-state index contributed by atoms with van der Waals surface area (Å²) < 4.78 is 10.4. The number of carbonyl (C=O) groups is 1. The van der Waals surface area contributed by atoms with Crippen molar-refractivity contribution in [1.29, 1.82) is 0 Å². The molecule has 1 aromatic rings. The molecule has 4 heteroatoms. The highest BCUT2D eigenvalue weighted by Gasteiger charge is 2.38. The summed E-state index contributed by atoms with van der Waals surface area (Å²) in [5.74, 6) is 0.0490. The van der Waals surface area contributed by atoms with E-state index in [1.54, 1.807) is 0 Å². The number of methoxy groups -OCH3 is 1. The second-order valence-corrected chi connectivity index (χ2v) is 4.15. The van der Waals surface area contributed by atoms with Gasteiger partial charge in [0.25, 0.3) is 0 Å². The normalized spacial score (nSPS) is 22.0. The first kappa shape index (κ1) is 12.4. The molecule has 1 aliphatic heterocycles. The zero-order valence-electron chi connectivity index (χ0n) is 10.4. The standard InChI is InChI=1S/C14H15NO3/c1-9(2)12-11(14(16)17-3)15-13(18-12)10-7-5-4-6-8-10/h4-8,11-12H,1H2,2-3H3/t11-,12+/m1/s1. The monoisotopic (exact) mass is 245 g/mol. The van der Waals surface area contributed by atoms with Gasteiger partial charge in [-0.05, 0) is 24.6 Å². The van der Waals surface area contributed by atoms with Gasteiger partial charge in [0.2, 0.25) is 5.90 Å². The molecule has 0 spiro atoms. The van der Waals surface area contributed by atoms with Crippen molar-refractivity contribution in [3.63, 3.8) is 0 Å². The molecule has 0 N–H and O–H groups in total. The highest BCUT2D eigenvalue weighted by molar-refractivity contribution is 5.98. The maximum Gasteiger partial charge on any atom is 0.335 e. The molecule has 0 amide bonds. The average Bonchev–Trinajstić information content (AvgIpc) is 2.84. The SMILES string of the molecule is C=C(C)[C@@H]1OC(c2ccccc2)=N[C@H]1C(=O)OC. The number of hydrogen-bond acceptors (Lipinski definition) is 4. The summed E-state index contributed by atoms with van der Waals surface area (Å²) in [5.41, 5.74) is 1.59. The lowest BCUT2D eigenvalue weighted by molar-refractivity contribution is -0.143. The first-order valence-corrected chi connectivity index (χ1v) is 5.66. The maximum atomic E-state index is 11.7. The molecule has 94 valence electrons. The van der Waals surface area contributed by atoms with Crippen molar-refractivity contribution in [2.45, 2.75) is 19.1 Å². The first-order chi connectivity index (χ1) is 8.63. The Morgan fingerprint density at radius 3 is 2.61 bits per heavy atom. The molecule has 2 rings (SSSR count). The van der Waals surface area contributed by atoms with Crippen LogP contribution in [0.4, 0.5) is 0 Å². The molecule has 2 atom stereocenters. The predicted octanol–water partition coefficient (Wildman–Crippen LogP) is 1.95. The van der Waals surface area contributed by atoms with E-state index in [1.165, 1.54) is 7.11 Å². The van der Waals surface area contributed by atoms with E-state index >= 15 is 0 Å². The van der Waals surface area contributed by atoms with Crippen molar-refractivity contribution >= 4 is 11.9 Å². The summed E-state index contributed by atoms with van der Waals surface area (Å²) >= 11 is 0. The molecule has 0 unspecified atom stereocenters. The van der Waals surface area contributed by atoms with Crippen LogP contribution in [0.5, 0.6) is 0 Å². The van der Waals surface area contributed by atoms with Gasteiger partial charge in [0.15, 0.2) is 12.1 Å². The highest BCUT2D eigenvalue weighted by Crippen LogP contribution is 2.23. The summed E-state index contributed by atoms with van der Waals surface area (Å²) in [5, 5.41) is 0. The van der Waals surface area contributed by atoms with Crippen molar-refractivity contribution < 1.29 is 14.3 Å². The number of hydrogen-bond donors (Lipinski definition) is 0. The minimum Gasteiger partial charge on any atom is -0.467 e. The Bertz CT molecular complexity index is 493. The van der Waals surface area contributed by atoms with Gasteiger partial charge in [0, 0.05) is 5.56 Å². The predicted molar refractivity (Wildman–Crippen MR) is 68.5 cm³/mol. The van der Waals surface area contributed by atoms with Crippen molar-refractivity contribution in [3.05, 3.63) is 48.0 Å². The topological polar surface area (TPSA) is 47.9 Å². The molecule has 0 aromatic heterocycles. The molecule has 0 bridgehead atoms. The van der Waals surface area contributed by atoms with E-state index in [2.05, 4.69) is 11.6 Å². The summed E-state index contributed by atoms with van der Waals surface area (Å²) in [6, 6.07) is 8.79. The third-order valence-corrected chi connectivity index (χ3v) is 2.73. The van der Waals surface area contributed by atoms with Crippen molar-refractivity contribution in [3.8, 4) is 0 Å². The number of rotatable bonds is 3. The molecule has 1 heterocycles. The zero-order valence-corrected chi connectivity index (χ0v) is 10.4. The zero-order chi connectivity index (χ0) is 13.1. The van der Waals surface area contributed by atoms with Crippen molar-refractivity contribution in [2.75, 3.05) is 7.11 Å². The number of ether oxygens (including phenoxy) is 2. The number of benzene rings is 1. The molecule has 1 aliphatic rings. The van der Waals surface area contributed by atoms with Crippen LogP contribution >= 0.6 is 0 Å². The molecule has 4 nitrogen and oxygen atoms in total. The summed E-state index contributed by atoms with van der Waals surface area (Å²) in [6.07, 6.45) is -0.451. The Hall–Kier alpha value is -2.10. The third kappa shape index (κ3) is 2.27. The van der Waals surface area contributed by atoms with Crippen LogP contribution < -0.4 is 0 Å². The Morgan fingerprint density at radius 2 is 2.06 bits per heavy atom. The summed E-state index contributed by atoms with van der Waals surface area (Å²) in [6.45, 7) is 5.64. The van der Waals surface area contributed by atoms with Gasteiger partial charge in [-0.15, -0.1) is 0 Å². The molecule has 1 aromatic carbocycles. The third-order valence-electron chi connectivity index (χ3n) is 2.73. The summed E-state index contributed by atoms with van der Waals surface area (Å²) in [4.78, 5) is 15.9. The van der Waals surface area contributed by atoms with Crippen LogP contribution in [0.1, 0.15) is 12.5 Å². The fourth-order valence-electron chi connectivity index (χ4n) is 1.80. The Labute approximate surface area is 106 Å². The number of esters is 1. The van der Waals surface area contributed by atoms with Gasteiger partial charge >= 0.3 is 5.97 Å². The first-order valence-electron chi connectivity index (χ1n) is 5.66. The minimum atomic E-state index is -0.664. The van der Waals surface area contributed by atoms with E-state index in [0.29, 0.717) is 5.90 Å². The summed E-state index contributed by atoms with van der Waals surface area (Å²) in [7, 11) is 1.34. The fraction of sp³-hybridized carbons (Fsp3) is 0.286. The van der Waals surface area contributed by atoms with E-state index in [0.717, 1.165) is 11.1 Å². The molecule has 0 radical (unpaired) electrons. The van der Waals surface area contributed by atoms with Crippen LogP contribution in [0.15, 0.2) is 47.5 Å². The molecule has 0 aliphatic carbocycles. The molecular weight excluding hydrogens is 230 g/mol. The second-order valence-electron chi connectivity index (χ2n) is 4.15. The van der Waals surface area contributed by atoms with E-state index in [1.807, 2.05) is 37.3 Å². The lowest BCUT2D eigenvalue weighted by Gasteiger charge is -2.15. The van der Waals surface area contributed by atoms with Gasteiger partial charge in [-0.1, -0.05) is 24.8 Å². The van der Waals surface area contributed by atoms with Gasteiger partial charge in [-0.3, -0.25) is 0 Å². The van der Waals surface area contributed by atoms with Crippen LogP contribution in [0.25, 0.3) is 0 Å². The molecule has 0 saturated heterocycles. The lowest BCUT2D eigenvalue weighted by atomic mass is 10.1. The molecular formula is C14H15NO3. The van der Waals surface area contributed by atoms with Gasteiger partial charge in [0.1, 0.15) is 0 Å². The smallest absolute Gasteiger partial charge is 0.335 e. The maximum absolute atomic E-state index is 11.7. The number of carbonyl (C=O) groups excluding carboxylic acids is 1. The van der Waals surface area contributed by atoms with Gasteiger partial charge in [-0.2, -0.15) is 0 Å². The van der Waals surface area contributed by atoms with Gasteiger partial charge in [-0.25, -0.2) is 9.79 Å². The van der Waals surface area contributed by atoms with Crippen LogP contribution in [-0.4, -0.2) is 31.1 Å². The fourth-order valence-corrected chi connectivity index (χ4v) is 1.80. The lowest BCUT2D eigenvalue weighted by Crippen LogP contribution is -2.31. The van der Waals surface area contributed by atoms with Crippen molar-refractivity contribution in [1.82, 2.24) is 0 Å². The van der Waals surface area contributed by atoms with Gasteiger partial charge < -0.3 is 9.47 Å². The Kier molecular flexibility index (Phi) is 3.46. The second kappa shape index (κ2) is 5.04. The van der Waals surface area contributed by atoms with Crippen LogP contribution in [0, 0.1) is 0 Å². The van der Waals surface area contributed by atoms with E-state index < -0.39 is 18.1 Å². The Morgan fingerprint density at radius 1 is 1.39 bits per heavy atom. The number of aliphatic imine (C=N–C) groups is 1. The van der Waals surface area contributed by atoms with Crippen LogP contribution in [-0.2, 0) is 14.3 Å². The number of nitrogens with zero attached hydrogens (tertiary/aromatic N) is 1. The van der Waals surface area contributed by atoms with E-state index in [9.17, 15) is 4.79 Å². The Balaban J connectivity index is 2.30.